The average molecular weight is 312 g/mol. The first kappa shape index (κ1) is 17.0. The standard InChI is InChI=1S/C19H24N2O2/c1-13(18(20)15-8-5-4-6-9-15)19(22)21-14(2)16-10-7-11-17(12-16)23-3/h4-14,18H,20H2,1-3H3,(H,21,22). The Morgan fingerprint density at radius 1 is 1.04 bits per heavy atom. The Labute approximate surface area is 137 Å². The molecule has 0 aliphatic rings. The Bertz CT molecular complexity index is 643. The summed E-state index contributed by atoms with van der Waals surface area (Å²) in [5.41, 5.74) is 8.18. The molecule has 0 spiro atoms. The smallest absolute Gasteiger partial charge is 0.225 e. The molecule has 4 nitrogen and oxygen atoms in total. The molecule has 0 heterocycles. The van der Waals surface area contributed by atoms with E-state index in [9.17, 15) is 4.79 Å². The molecule has 2 aromatic carbocycles. The largest absolute Gasteiger partial charge is 0.497 e. The summed E-state index contributed by atoms with van der Waals surface area (Å²) in [5.74, 6) is 0.403. The second-order valence-corrected chi connectivity index (χ2v) is 5.73. The Morgan fingerprint density at radius 3 is 2.35 bits per heavy atom. The molecule has 0 fully saturated rings. The van der Waals surface area contributed by atoms with Crippen molar-refractivity contribution in [2.75, 3.05) is 7.11 Å². The first-order valence-corrected chi connectivity index (χ1v) is 7.77. The summed E-state index contributed by atoms with van der Waals surface area (Å²) >= 11 is 0. The van der Waals surface area contributed by atoms with Gasteiger partial charge in [-0.1, -0.05) is 49.4 Å². The molecule has 1 amide bonds. The van der Waals surface area contributed by atoms with Crippen LogP contribution in [0.5, 0.6) is 5.75 Å². The third-order valence-electron chi connectivity index (χ3n) is 4.09. The maximum atomic E-state index is 12.5. The Kier molecular flexibility index (Phi) is 5.77. The van der Waals surface area contributed by atoms with Crippen LogP contribution >= 0.6 is 0 Å². The van der Waals surface area contributed by atoms with Gasteiger partial charge in [0.2, 0.25) is 5.91 Å². The zero-order valence-corrected chi connectivity index (χ0v) is 13.8. The van der Waals surface area contributed by atoms with Gasteiger partial charge in [-0.3, -0.25) is 4.79 Å². The lowest BCUT2D eigenvalue weighted by Gasteiger charge is -2.22. The van der Waals surface area contributed by atoms with E-state index in [1.807, 2.05) is 68.4 Å². The third kappa shape index (κ3) is 4.33. The van der Waals surface area contributed by atoms with Crippen molar-refractivity contribution in [3.8, 4) is 5.75 Å². The monoisotopic (exact) mass is 312 g/mol. The molecule has 2 aromatic rings. The van der Waals surface area contributed by atoms with Gasteiger partial charge in [0.1, 0.15) is 5.75 Å². The molecule has 3 atom stereocenters. The Hall–Kier alpha value is -2.33. The van der Waals surface area contributed by atoms with E-state index < -0.39 is 0 Å². The molecule has 3 unspecified atom stereocenters. The van der Waals surface area contributed by atoms with E-state index in [1.165, 1.54) is 0 Å². The lowest BCUT2D eigenvalue weighted by molar-refractivity contribution is -0.125. The predicted molar refractivity (Wildman–Crippen MR) is 92.1 cm³/mol. The third-order valence-corrected chi connectivity index (χ3v) is 4.09. The van der Waals surface area contributed by atoms with E-state index in [0.717, 1.165) is 16.9 Å². The van der Waals surface area contributed by atoms with Gasteiger partial charge in [-0.25, -0.2) is 0 Å². The van der Waals surface area contributed by atoms with E-state index in [1.54, 1.807) is 7.11 Å². The van der Waals surface area contributed by atoms with Crippen LogP contribution in [-0.4, -0.2) is 13.0 Å². The number of carbonyl (C=O) groups excluding carboxylic acids is 1. The quantitative estimate of drug-likeness (QED) is 0.861. The van der Waals surface area contributed by atoms with Gasteiger partial charge in [-0.15, -0.1) is 0 Å². The maximum absolute atomic E-state index is 12.5. The minimum absolute atomic E-state index is 0.0586. The Balaban J connectivity index is 2.02. The van der Waals surface area contributed by atoms with Crippen LogP contribution in [0.1, 0.15) is 37.1 Å². The molecular weight excluding hydrogens is 288 g/mol. The number of rotatable bonds is 6. The molecule has 0 aliphatic carbocycles. The normalized spacial score (nSPS) is 14.6. The fraction of sp³-hybridized carbons (Fsp3) is 0.316. The van der Waals surface area contributed by atoms with Crippen molar-refractivity contribution >= 4 is 5.91 Å². The fourth-order valence-corrected chi connectivity index (χ4v) is 2.47. The van der Waals surface area contributed by atoms with Gasteiger partial charge in [0.15, 0.2) is 0 Å². The van der Waals surface area contributed by atoms with Crippen molar-refractivity contribution in [1.29, 1.82) is 0 Å². The van der Waals surface area contributed by atoms with Gasteiger partial charge in [-0.2, -0.15) is 0 Å². The van der Waals surface area contributed by atoms with Crippen LogP contribution < -0.4 is 15.8 Å². The molecule has 0 radical (unpaired) electrons. The number of nitrogens with two attached hydrogens (primary N) is 1. The van der Waals surface area contributed by atoms with Crippen LogP contribution in [0.15, 0.2) is 54.6 Å². The van der Waals surface area contributed by atoms with Crippen molar-refractivity contribution in [2.45, 2.75) is 25.9 Å². The highest BCUT2D eigenvalue weighted by molar-refractivity contribution is 5.79. The SMILES string of the molecule is COc1cccc(C(C)NC(=O)C(C)C(N)c2ccccc2)c1. The molecular formula is C19H24N2O2. The van der Waals surface area contributed by atoms with Crippen LogP contribution in [0.2, 0.25) is 0 Å². The van der Waals surface area contributed by atoms with Crippen LogP contribution in [0.25, 0.3) is 0 Å². The second-order valence-electron chi connectivity index (χ2n) is 5.73. The molecule has 3 N–H and O–H groups in total. The summed E-state index contributed by atoms with van der Waals surface area (Å²) < 4.78 is 5.22. The molecule has 0 saturated carbocycles. The molecule has 0 aliphatic heterocycles. The van der Waals surface area contributed by atoms with Crippen molar-refractivity contribution in [3.05, 3.63) is 65.7 Å². The number of ether oxygens (including phenoxy) is 1. The minimum Gasteiger partial charge on any atom is -0.497 e. The second kappa shape index (κ2) is 7.79. The molecule has 0 aromatic heterocycles. The van der Waals surface area contributed by atoms with Crippen molar-refractivity contribution in [2.24, 2.45) is 11.7 Å². The number of carbonyl (C=O) groups is 1. The predicted octanol–water partition coefficient (Wildman–Crippen LogP) is 3.21. The molecule has 4 heteroatoms. The van der Waals surface area contributed by atoms with E-state index in [0.29, 0.717) is 0 Å². The van der Waals surface area contributed by atoms with E-state index in [-0.39, 0.29) is 23.9 Å². The maximum Gasteiger partial charge on any atom is 0.225 e. The van der Waals surface area contributed by atoms with Crippen molar-refractivity contribution in [1.82, 2.24) is 5.32 Å². The van der Waals surface area contributed by atoms with Gasteiger partial charge in [0.05, 0.1) is 19.1 Å². The van der Waals surface area contributed by atoms with Crippen LogP contribution in [0, 0.1) is 5.92 Å². The number of hydrogen-bond acceptors (Lipinski definition) is 3. The van der Waals surface area contributed by atoms with Crippen LogP contribution in [0.3, 0.4) is 0 Å². The van der Waals surface area contributed by atoms with E-state index in [2.05, 4.69) is 5.32 Å². The molecule has 2 rings (SSSR count). The van der Waals surface area contributed by atoms with Crippen molar-refractivity contribution in [3.63, 3.8) is 0 Å². The summed E-state index contributed by atoms with van der Waals surface area (Å²) in [6, 6.07) is 16.9. The zero-order chi connectivity index (χ0) is 16.8. The Morgan fingerprint density at radius 2 is 1.70 bits per heavy atom. The summed E-state index contributed by atoms with van der Waals surface area (Å²) in [5, 5.41) is 3.02. The summed E-state index contributed by atoms with van der Waals surface area (Å²) in [6.07, 6.45) is 0. The molecule has 122 valence electrons. The lowest BCUT2D eigenvalue weighted by Crippen LogP contribution is -2.36. The summed E-state index contributed by atoms with van der Waals surface area (Å²) in [7, 11) is 1.63. The summed E-state index contributed by atoms with van der Waals surface area (Å²) in [6.45, 7) is 3.80. The lowest BCUT2D eigenvalue weighted by atomic mass is 9.94. The number of nitrogens with one attached hydrogen (secondary N) is 1. The van der Waals surface area contributed by atoms with Gasteiger partial charge in [0, 0.05) is 6.04 Å². The molecule has 0 saturated heterocycles. The number of amides is 1. The van der Waals surface area contributed by atoms with E-state index in [4.69, 9.17) is 10.5 Å². The molecule has 23 heavy (non-hydrogen) atoms. The van der Waals surface area contributed by atoms with Crippen LogP contribution in [-0.2, 0) is 4.79 Å². The van der Waals surface area contributed by atoms with Crippen molar-refractivity contribution < 1.29 is 9.53 Å². The fourth-order valence-electron chi connectivity index (χ4n) is 2.47. The molecule has 0 bridgehead atoms. The number of methoxy groups -OCH3 is 1. The summed E-state index contributed by atoms with van der Waals surface area (Å²) in [4.78, 5) is 12.5. The number of benzene rings is 2. The number of hydrogen-bond donors (Lipinski definition) is 2. The minimum atomic E-state index is -0.325. The van der Waals surface area contributed by atoms with Gasteiger partial charge in [-0.05, 0) is 30.2 Å². The van der Waals surface area contributed by atoms with E-state index >= 15 is 0 Å². The highest BCUT2D eigenvalue weighted by Gasteiger charge is 2.23. The highest BCUT2D eigenvalue weighted by atomic mass is 16.5. The highest BCUT2D eigenvalue weighted by Crippen LogP contribution is 2.22. The first-order valence-electron chi connectivity index (χ1n) is 7.77. The topological polar surface area (TPSA) is 64.3 Å². The van der Waals surface area contributed by atoms with Gasteiger partial charge in [0.25, 0.3) is 0 Å². The van der Waals surface area contributed by atoms with Crippen LogP contribution in [0.4, 0.5) is 0 Å². The zero-order valence-electron chi connectivity index (χ0n) is 13.8. The first-order chi connectivity index (χ1) is 11.0. The van der Waals surface area contributed by atoms with Gasteiger partial charge >= 0.3 is 0 Å². The van der Waals surface area contributed by atoms with Gasteiger partial charge < -0.3 is 15.8 Å². The average Bonchev–Trinajstić information content (AvgIpc) is 2.61.